The highest BCUT2D eigenvalue weighted by atomic mass is 16.3. The normalized spacial score (nSPS) is 27.0. The molecular formula is C40H54O4. The molecule has 3 atom stereocenters. The van der Waals surface area contributed by atoms with Gasteiger partial charge in [0.15, 0.2) is 5.78 Å². The molecule has 0 unspecified atom stereocenters. The third-order valence-corrected chi connectivity index (χ3v) is 9.12. The van der Waals surface area contributed by atoms with Crippen molar-refractivity contribution in [2.24, 2.45) is 16.2 Å². The van der Waals surface area contributed by atoms with Gasteiger partial charge in [-0.3, -0.25) is 4.79 Å². The predicted molar refractivity (Wildman–Crippen MR) is 185 cm³/mol. The minimum absolute atomic E-state index is 0.0493. The monoisotopic (exact) mass is 598 g/mol. The average Bonchev–Trinajstić information content (AvgIpc) is 3.11. The van der Waals surface area contributed by atoms with Crippen LogP contribution in [0.2, 0.25) is 0 Å². The van der Waals surface area contributed by atoms with Crippen molar-refractivity contribution < 1.29 is 20.1 Å². The first-order valence-electron chi connectivity index (χ1n) is 15.6. The number of ketones is 1. The van der Waals surface area contributed by atoms with Gasteiger partial charge in [-0.05, 0) is 76.9 Å². The SMILES string of the molecule is CC1=C(C#C/C(C)=C/C=C/C(C)=C/C=C/C=C(C)/C=C/C=C(C)/C(O)=C/C(=O)[C@]2(C)C[C@@H](O)CC2(C)C)C(C)(C)C[C@@H](O)C1. The van der Waals surface area contributed by atoms with Gasteiger partial charge >= 0.3 is 0 Å². The third kappa shape index (κ3) is 10.4. The molecule has 0 radical (unpaired) electrons. The molecule has 238 valence electrons. The van der Waals surface area contributed by atoms with Gasteiger partial charge in [0.25, 0.3) is 0 Å². The molecule has 0 amide bonds. The van der Waals surface area contributed by atoms with Crippen LogP contribution in [0.25, 0.3) is 0 Å². The molecule has 2 aliphatic rings. The maximum atomic E-state index is 13.0. The molecule has 0 aromatic heterocycles. The highest BCUT2D eigenvalue weighted by Crippen LogP contribution is 2.53. The smallest absolute Gasteiger partial charge is 0.165 e. The zero-order valence-corrected chi connectivity index (χ0v) is 28.6. The van der Waals surface area contributed by atoms with Crippen molar-refractivity contribution in [3.05, 3.63) is 106 Å². The van der Waals surface area contributed by atoms with Gasteiger partial charge in [0.2, 0.25) is 0 Å². The molecule has 0 aromatic rings. The lowest BCUT2D eigenvalue weighted by molar-refractivity contribution is -0.127. The topological polar surface area (TPSA) is 77.8 Å². The fraction of sp³-hybridized carbons (Fsp3) is 0.475. The summed E-state index contributed by atoms with van der Waals surface area (Å²) in [6, 6.07) is 0. The van der Waals surface area contributed by atoms with Crippen LogP contribution in [0.3, 0.4) is 0 Å². The van der Waals surface area contributed by atoms with E-state index in [1.54, 1.807) is 13.0 Å². The molecule has 4 nitrogen and oxygen atoms in total. The number of hydrogen-bond donors (Lipinski definition) is 3. The van der Waals surface area contributed by atoms with Crippen LogP contribution >= 0.6 is 0 Å². The minimum Gasteiger partial charge on any atom is -0.508 e. The first-order valence-corrected chi connectivity index (χ1v) is 15.6. The summed E-state index contributed by atoms with van der Waals surface area (Å²) < 4.78 is 0. The molecule has 0 aromatic carbocycles. The van der Waals surface area contributed by atoms with E-state index in [2.05, 4.69) is 32.6 Å². The summed E-state index contributed by atoms with van der Waals surface area (Å²) in [5.74, 6) is 6.43. The fourth-order valence-corrected chi connectivity index (χ4v) is 6.04. The molecule has 2 aliphatic carbocycles. The van der Waals surface area contributed by atoms with Gasteiger partial charge in [0.1, 0.15) is 5.76 Å². The summed E-state index contributed by atoms with van der Waals surface area (Å²) in [7, 11) is 0. The van der Waals surface area contributed by atoms with Crippen LogP contribution in [0.5, 0.6) is 0 Å². The Balaban J connectivity index is 1.95. The Labute approximate surface area is 266 Å². The van der Waals surface area contributed by atoms with Crippen molar-refractivity contribution in [3.63, 3.8) is 0 Å². The van der Waals surface area contributed by atoms with Gasteiger partial charge in [0, 0.05) is 22.5 Å². The second-order valence-corrected chi connectivity index (χ2v) is 14.1. The lowest BCUT2D eigenvalue weighted by Crippen LogP contribution is -2.36. The number of aliphatic hydroxyl groups is 3. The van der Waals surface area contributed by atoms with Crippen LogP contribution in [0.1, 0.15) is 94.9 Å². The zero-order chi connectivity index (χ0) is 33.3. The number of carbonyl (C=O) groups is 1. The van der Waals surface area contributed by atoms with Gasteiger partial charge in [0.05, 0.1) is 12.2 Å². The summed E-state index contributed by atoms with van der Waals surface area (Å²) in [6.07, 6.45) is 22.6. The maximum Gasteiger partial charge on any atom is 0.165 e. The van der Waals surface area contributed by atoms with E-state index in [9.17, 15) is 20.1 Å². The zero-order valence-electron chi connectivity index (χ0n) is 28.6. The lowest BCUT2D eigenvalue weighted by Gasteiger charge is -2.35. The quantitative estimate of drug-likeness (QED) is 0.107. The van der Waals surface area contributed by atoms with Crippen molar-refractivity contribution in [2.75, 3.05) is 0 Å². The first-order chi connectivity index (χ1) is 20.4. The highest BCUT2D eigenvalue weighted by Gasteiger charge is 2.53. The molecule has 1 fully saturated rings. The average molecular weight is 599 g/mol. The van der Waals surface area contributed by atoms with Crippen LogP contribution < -0.4 is 0 Å². The lowest BCUT2D eigenvalue weighted by atomic mass is 9.66. The van der Waals surface area contributed by atoms with E-state index >= 15 is 0 Å². The molecule has 44 heavy (non-hydrogen) atoms. The van der Waals surface area contributed by atoms with E-state index < -0.39 is 11.5 Å². The van der Waals surface area contributed by atoms with Gasteiger partial charge < -0.3 is 15.3 Å². The van der Waals surface area contributed by atoms with Gasteiger partial charge in [-0.1, -0.05) is 124 Å². The molecule has 3 N–H and O–H groups in total. The van der Waals surface area contributed by atoms with E-state index in [-0.39, 0.29) is 28.5 Å². The number of rotatable bonds is 9. The Morgan fingerprint density at radius 3 is 1.89 bits per heavy atom. The van der Waals surface area contributed by atoms with E-state index in [0.29, 0.717) is 24.8 Å². The Bertz CT molecular complexity index is 1420. The van der Waals surface area contributed by atoms with Crippen LogP contribution in [-0.4, -0.2) is 33.3 Å². The molecule has 0 aliphatic heterocycles. The summed E-state index contributed by atoms with van der Waals surface area (Å²) >= 11 is 0. The predicted octanol–water partition coefficient (Wildman–Crippen LogP) is 9.14. The number of aliphatic hydroxyl groups excluding tert-OH is 3. The molecular weight excluding hydrogens is 544 g/mol. The molecule has 0 spiro atoms. The third-order valence-electron chi connectivity index (χ3n) is 9.12. The van der Waals surface area contributed by atoms with E-state index in [0.717, 1.165) is 28.7 Å². The van der Waals surface area contributed by atoms with Crippen LogP contribution in [-0.2, 0) is 4.79 Å². The largest absolute Gasteiger partial charge is 0.508 e. The van der Waals surface area contributed by atoms with Crippen molar-refractivity contribution in [2.45, 2.75) is 107 Å². The van der Waals surface area contributed by atoms with E-state index in [4.69, 9.17) is 0 Å². The number of allylic oxidation sites excluding steroid dienone is 16. The van der Waals surface area contributed by atoms with Crippen LogP contribution in [0.15, 0.2) is 106 Å². The Hall–Kier alpha value is -3.39. The van der Waals surface area contributed by atoms with E-state index in [1.165, 1.54) is 11.6 Å². The Morgan fingerprint density at radius 1 is 0.795 bits per heavy atom. The summed E-state index contributed by atoms with van der Waals surface area (Å²) in [6.45, 7) is 20.1. The van der Waals surface area contributed by atoms with Crippen molar-refractivity contribution in [1.82, 2.24) is 0 Å². The van der Waals surface area contributed by atoms with E-state index in [1.807, 2.05) is 96.2 Å². The number of hydrogen-bond acceptors (Lipinski definition) is 4. The summed E-state index contributed by atoms with van der Waals surface area (Å²) in [5, 5.41) is 30.7. The molecule has 2 rings (SSSR count). The van der Waals surface area contributed by atoms with Crippen LogP contribution in [0.4, 0.5) is 0 Å². The fourth-order valence-electron chi connectivity index (χ4n) is 6.04. The van der Waals surface area contributed by atoms with Crippen molar-refractivity contribution in [1.29, 1.82) is 0 Å². The Kier molecular flexibility index (Phi) is 13.0. The van der Waals surface area contributed by atoms with Crippen LogP contribution in [0, 0.1) is 28.1 Å². The van der Waals surface area contributed by atoms with Crippen molar-refractivity contribution in [3.8, 4) is 11.8 Å². The highest BCUT2D eigenvalue weighted by molar-refractivity contribution is 5.96. The first kappa shape index (κ1) is 36.8. The van der Waals surface area contributed by atoms with Gasteiger partial charge in [-0.25, -0.2) is 0 Å². The molecule has 0 bridgehead atoms. The molecule has 1 saturated carbocycles. The second-order valence-electron chi connectivity index (χ2n) is 14.1. The summed E-state index contributed by atoms with van der Waals surface area (Å²) in [5.41, 5.74) is 4.93. The van der Waals surface area contributed by atoms with Gasteiger partial charge in [-0.2, -0.15) is 0 Å². The molecule has 0 saturated heterocycles. The van der Waals surface area contributed by atoms with Gasteiger partial charge in [-0.15, -0.1) is 0 Å². The molecule has 4 heteroatoms. The maximum absolute atomic E-state index is 13.0. The number of carbonyl (C=O) groups excluding carboxylic acids is 1. The Morgan fingerprint density at radius 2 is 1.36 bits per heavy atom. The molecule has 0 heterocycles. The minimum atomic E-state index is -0.703. The standard InChI is InChI=1S/C40H54O4/c1-28(17-13-18-30(3)21-22-35-32(5)23-33(41)25-38(35,6)7)15-11-12-16-29(2)19-14-20-31(4)36(43)24-37(44)40(10)27-34(42)26-39(40,8)9/h11-20,24,33-34,41-43H,23,25-27H2,1-10H3/b12-11+,17-13+,19-14+,28-15+,29-16+,30-18+,31-20+,36-24-/t33-,34-,40-/m0/s1. The summed E-state index contributed by atoms with van der Waals surface area (Å²) in [4.78, 5) is 13.0. The second kappa shape index (κ2) is 15.6. The van der Waals surface area contributed by atoms with Crippen molar-refractivity contribution >= 4 is 5.78 Å².